The fourth-order valence-corrected chi connectivity index (χ4v) is 2.63. The lowest BCUT2D eigenvalue weighted by Crippen LogP contribution is -2.34. The van der Waals surface area contributed by atoms with Gasteiger partial charge in [-0.1, -0.05) is 0 Å². The molecule has 2 aromatic rings. The van der Waals surface area contributed by atoms with Crippen LogP contribution in [0.15, 0.2) is 36.9 Å². The van der Waals surface area contributed by atoms with Gasteiger partial charge >= 0.3 is 0 Å². The van der Waals surface area contributed by atoms with E-state index in [-0.39, 0.29) is 17.9 Å². The summed E-state index contributed by atoms with van der Waals surface area (Å²) >= 11 is 0. The first-order valence-electron chi connectivity index (χ1n) is 7.05. The molecule has 1 saturated heterocycles. The van der Waals surface area contributed by atoms with Crippen LogP contribution in [0.4, 0.5) is 5.69 Å². The van der Waals surface area contributed by atoms with E-state index in [1.54, 1.807) is 30.7 Å². The molecule has 1 aliphatic rings. The molecule has 0 radical (unpaired) electrons. The summed E-state index contributed by atoms with van der Waals surface area (Å²) in [4.78, 5) is 20.8. The summed E-state index contributed by atoms with van der Waals surface area (Å²) in [5.41, 5.74) is 0.749. The summed E-state index contributed by atoms with van der Waals surface area (Å²) in [7, 11) is 1.91. The number of carbonyl (C=O) groups is 1. The Hall–Kier alpha value is -2.21. The number of rotatable bonds is 3. The van der Waals surface area contributed by atoms with Gasteiger partial charge in [-0.25, -0.2) is 4.98 Å². The van der Waals surface area contributed by atoms with Crippen LogP contribution in [0, 0.1) is 5.92 Å². The van der Waals surface area contributed by atoms with Crippen molar-refractivity contribution in [2.24, 2.45) is 13.0 Å². The monoisotopic (exact) mass is 286 g/mol. The molecule has 2 aromatic heterocycles. The molecule has 1 fully saturated rings. The van der Waals surface area contributed by atoms with Gasteiger partial charge in [-0.2, -0.15) is 0 Å². The summed E-state index contributed by atoms with van der Waals surface area (Å²) in [5, 5.41) is 2.93. The van der Waals surface area contributed by atoms with Crippen molar-refractivity contribution in [2.75, 3.05) is 11.9 Å². The molecule has 3 heterocycles. The van der Waals surface area contributed by atoms with Crippen LogP contribution in [0.2, 0.25) is 0 Å². The normalized spacial score (nSPS) is 22.0. The Labute approximate surface area is 123 Å². The van der Waals surface area contributed by atoms with Gasteiger partial charge in [0.25, 0.3) is 0 Å². The topological polar surface area (TPSA) is 69.0 Å². The number of anilines is 1. The number of imidazole rings is 1. The number of nitrogens with one attached hydrogen (secondary N) is 1. The van der Waals surface area contributed by atoms with E-state index in [2.05, 4.69) is 15.3 Å². The van der Waals surface area contributed by atoms with Crippen molar-refractivity contribution in [1.29, 1.82) is 0 Å². The first kappa shape index (κ1) is 13.8. The van der Waals surface area contributed by atoms with Crippen LogP contribution in [0.1, 0.15) is 24.8 Å². The van der Waals surface area contributed by atoms with E-state index in [9.17, 15) is 4.79 Å². The van der Waals surface area contributed by atoms with E-state index >= 15 is 0 Å². The first-order chi connectivity index (χ1) is 10.3. The van der Waals surface area contributed by atoms with Crippen LogP contribution in [0.25, 0.3) is 0 Å². The molecule has 0 aromatic carbocycles. The van der Waals surface area contributed by atoms with Crippen molar-refractivity contribution in [3.05, 3.63) is 42.7 Å². The molecular formula is C15H18N4O2. The predicted octanol–water partition coefficient (Wildman–Crippen LogP) is 1.92. The number of hydrogen-bond acceptors (Lipinski definition) is 4. The molecule has 1 amide bonds. The largest absolute Gasteiger partial charge is 0.369 e. The molecule has 21 heavy (non-hydrogen) atoms. The molecule has 1 N–H and O–H groups in total. The molecule has 0 aliphatic carbocycles. The van der Waals surface area contributed by atoms with Gasteiger partial charge in [-0.05, 0) is 25.0 Å². The molecular weight excluding hydrogens is 268 g/mol. The van der Waals surface area contributed by atoms with Crippen molar-refractivity contribution >= 4 is 11.6 Å². The third kappa shape index (κ3) is 2.95. The Kier molecular flexibility index (Phi) is 3.96. The van der Waals surface area contributed by atoms with E-state index in [1.165, 1.54) is 0 Å². The minimum Gasteiger partial charge on any atom is -0.369 e. The smallest absolute Gasteiger partial charge is 0.230 e. The second kappa shape index (κ2) is 6.05. The zero-order chi connectivity index (χ0) is 14.7. The van der Waals surface area contributed by atoms with Gasteiger partial charge < -0.3 is 14.6 Å². The van der Waals surface area contributed by atoms with Crippen LogP contribution in [0.3, 0.4) is 0 Å². The Bertz CT molecular complexity index is 611. The summed E-state index contributed by atoms with van der Waals surface area (Å²) in [5.74, 6) is 0.534. The molecule has 3 rings (SSSR count). The van der Waals surface area contributed by atoms with Crippen molar-refractivity contribution in [3.8, 4) is 0 Å². The molecule has 6 heteroatoms. The highest BCUT2D eigenvalue weighted by atomic mass is 16.5. The van der Waals surface area contributed by atoms with Gasteiger partial charge in [-0.3, -0.25) is 9.78 Å². The third-order valence-corrected chi connectivity index (χ3v) is 3.72. The second-order valence-electron chi connectivity index (χ2n) is 5.16. The maximum atomic E-state index is 12.5. The van der Waals surface area contributed by atoms with Crippen LogP contribution < -0.4 is 5.32 Å². The quantitative estimate of drug-likeness (QED) is 0.936. The average molecular weight is 286 g/mol. The van der Waals surface area contributed by atoms with Gasteiger partial charge in [-0.15, -0.1) is 0 Å². The maximum absolute atomic E-state index is 12.5. The molecule has 6 nitrogen and oxygen atoms in total. The highest BCUT2D eigenvalue weighted by Crippen LogP contribution is 2.33. The van der Waals surface area contributed by atoms with Crippen LogP contribution in [-0.4, -0.2) is 27.0 Å². The van der Waals surface area contributed by atoms with Crippen LogP contribution >= 0.6 is 0 Å². The Morgan fingerprint density at radius 2 is 2.19 bits per heavy atom. The summed E-state index contributed by atoms with van der Waals surface area (Å²) in [6.45, 7) is 0.663. The number of ether oxygens (including phenoxy) is 1. The Morgan fingerprint density at radius 3 is 2.90 bits per heavy atom. The lowest BCUT2D eigenvalue weighted by Gasteiger charge is -2.30. The molecule has 1 aliphatic heterocycles. The minimum atomic E-state index is -0.291. The van der Waals surface area contributed by atoms with Crippen molar-refractivity contribution in [2.45, 2.75) is 18.9 Å². The third-order valence-electron chi connectivity index (χ3n) is 3.72. The molecule has 110 valence electrons. The standard InChI is InChI=1S/C15H18N4O2/c1-19-9-8-17-14(19)13-12(3-2-10-21-13)15(20)18-11-4-6-16-7-5-11/h4-9,12-13H,2-3,10H2,1H3,(H,16,18,20)/t12-,13-/m1/s1. The number of carbonyl (C=O) groups excluding carboxylic acids is 1. The molecule has 0 bridgehead atoms. The second-order valence-corrected chi connectivity index (χ2v) is 5.16. The van der Waals surface area contributed by atoms with Crippen molar-refractivity contribution < 1.29 is 9.53 Å². The Balaban J connectivity index is 1.78. The molecule has 0 spiro atoms. The zero-order valence-corrected chi connectivity index (χ0v) is 11.9. The Morgan fingerprint density at radius 1 is 1.38 bits per heavy atom. The van der Waals surface area contributed by atoms with Crippen molar-refractivity contribution in [1.82, 2.24) is 14.5 Å². The number of aryl methyl sites for hydroxylation is 1. The average Bonchev–Trinajstić information content (AvgIpc) is 2.94. The fraction of sp³-hybridized carbons (Fsp3) is 0.400. The lowest BCUT2D eigenvalue weighted by molar-refractivity contribution is -0.130. The van der Waals surface area contributed by atoms with Crippen LogP contribution in [0.5, 0.6) is 0 Å². The van der Waals surface area contributed by atoms with E-state index in [4.69, 9.17) is 4.74 Å². The SMILES string of the molecule is Cn1ccnc1[C@@H]1OCCC[C@H]1C(=O)Nc1ccncc1. The molecule has 0 unspecified atom stereocenters. The van der Waals surface area contributed by atoms with Gasteiger partial charge in [0.2, 0.25) is 5.91 Å². The van der Waals surface area contributed by atoms with E-state index < -0.39 is 0 Å². The summed E-state index contributed by atoms with van der Waals surface area (Å²) in [6.07, 6.45) is 8.30. The highest BCUT2D eigenvalue weighted by Gasteiger charge is 2.35. The number of amides is 1. The van der Waals surface area contributed by atoms with Gasteiger partial charge in [0.1, 0.15) is 11.9 Å². The number of hydrogen-bond donors (Lipinski definition) is 1. The van der Waals surface area contributed by atoms with E-state index in [0.29, 0.717) is 6.61 Å². The van der Waals surface area contributed by atoms with Crippen LogP contribution in [-0.2, 0) is 16.6 Å². The number of nitrogens with zero attached hydrogens (tertiary/aromatic N) is 3. The van der Waals surface area contributed by atoms with E-state index in [1.807, 2.05) is 17.8 Å². The number of pyridine rings is 1. The van der Waals surface area contributed by atoms with Gasteiger partial charge in [0, 0.05) is 44.1 Å². The zero-order valence-electron chi connectivity index (χ0n) is 11.9. The van der Waals surface area contributed by atoms with E-state index in [0.717, 1.165) is 24.4 Å². The fourth-order valence-electron chi connectivity index (χ4n) is 2.63. The molecule has 0 saturated carbocycles. The van der Waals surface area contributed by atoms with Gasteiger partial charge in [0.05, 0.1) is 5.92 Å². The summed E-state index contributed by atoms with van der Waals surface area (Å²) < 4.78 is 7.72. The first-order valence-corrected chi connectivity index (χ1v) is 7.05. The molecule has 2 atom stereocenters. The number of aromatic nitrogens is 3. The maximum Gasteiger partial charge on any atom is 0.230 e. The lowest BCUT2D eigenvalue weighted by atomic mass is 9.92. The highest BCUT2D eigenvalue weighted by molar-refractivity contribution is 5.92. The van der Waals surface area contributed by atoms with Gasteiger partial charge in [0.15, 0.2) is 0 Å². The van der Waals surface area contributed by atoms with Crippen molar-refractivity contribution in [3.63, 3.8) is 0 Å². The minimum absolute atomic E-state index is 0.0334. The predicted molar refractivity (Wildman–Crippen MR) is 77.5 cm³/mol. The summed E-state index contributed by atoms with van der Waals surface area (Å²) in [6, 6.07) is 3.55.